The molecule has 0 unspecified atom stereocenters. The van der Waals surface area contributed by atoms with Crippen LogP contribution >= 0.6 is 11.3 Å². The molecule has 19 heavy (non-hydrogen) atoms. The summed E-state index contributed by atoms with van der Waals surface area (Å²) in [5, 5.41) is 16.4. The molecule has 0 spiro atoms. The first-order valence-corrected chi connectivity index (χ1v) is 8.17. The van der Waals surface area contributed by atoms with E-state index in [1.165, 1.54) is 5.01 Å². The molecule has 2 rings (SSSR count). The van der Waals surface area contributed by atoms with Crippen LogP contribution in [0.25, 0.3) is 0 Å². The lowest BCUT2D eigenvalue weighted by Crippen LogP contribution is -2.27. The Morgan fingerprint density at radius 3 is 2.58 bits per heavy atom. The Balaban J connectivity index is 1.72. The van der Waals surface area contributed by atoms with Crippen molar-refractivity contribution in [2.45, 2.75) is 64.5 Å². The maximum Gasteiger partial charge on any atom is 0.0982 e. The van der Waals surface area contributed by atoms with Crippen LogP contribution in [0, 0.1) is 5.92 Å². The topological polar surface area (TPSA) is 45.2 Å². The van der Waals surface area contributed by atoms with Gasteiger partial charge in [0, 0.05) is 17.3 Å². The predicted molar refractivity (Wildman–Crippen MR) is 80.5 cm³/mol. The van der Waals surface area contributed by atoms with Crippen LogP contribution in [0.1, 0.15) is 57.2 Å². The van der Waals surface area contributed by atoms with E-state index < -0.39 is 0 Å². The van der Waals surface area contributed by atoms with Crippen molar-refractivity contribution < 1.29 is 5.11 Å². The Kier molecular flexibility index (Phi) is 4.98. The third kappa shape index (κ3) is 4.55. The zero-order chi connectivity index (χ0) is 13.9. The van der Waals surface area contributed by atoms with Crippen molar-refractivity contribution in [2.24, 2.45) is 5.92 Å². The normalized spacial score (nSPS) is 24.6. The third-order valence-electron chi connectivity index (χ3n) is 3.75. The Morgan fingerprint density at radius 2 is 2.00 bits per heavy atom. The number of nitrogens with one attached hydrogen (secondary N) is 1. The number of hydrogen-bond acceptors (Lipinski definition) is 4. The molecular formula is C15H26N2OS. The summed E-state index contributed by atoms with van der Waals surface area (Å²) in [6, 6.07) is 0. The number of thiazole rings is 1. The molecule has 0 atom stereocenters. The number of aliphatic hydroxyl groups excluding tert-OH is 1. The first kappa shape index (κ1) is 14.9. The molecule has 1 aromatic heterocycles. The molecular weight excluding hydrogens is 256 g/mol. The molecule has 0 radical (unpaired) electrons. The Morgan fingerprint density at radius 1 is 1.32 bits per heavy atom. The molecule has 0 bridgehead atoms. The molecule has 0 amide bonds. The van der Waals surface area contributed by atoms with Crippen molar-refractivity contribution in [3.05, 3.63) is 16.1 Å². The predicted octanol–water partition coefficient (Wildman–Crippen LogP) is 3.08. The van der Waals surface area contributed by atoms with Gasteiger partial charge in [0.25, 0.3) is 0 Å². The first-order chi connectivity index (χ1) is 8.95. The van der Waals surface area contributed by atoms with Crippen LogP contribution in [0.15, 0.2) is 5.38 Å². The summed E-state index contributed by atoms with van der Waals surface area (Å²) >= 11 is 1.76. The molecule has 3 nitrogen and oxygen atoms in total. The van der Waals surface area contributed by atoms with Crippen molar-refractivity contribution in [2.75, 3.05) is 6.54 Å². The first-order valence-electron chi connectivity index (χ1n) is 7.29. The quantitative estimate of drug-likeness (QED) is 0.892. The van der Waals surface area contributed by atoms with Crippen LogP contribution in [-0.2, 0) is 12.0 Å². The number of hydrogen-bond donors (Lipinski definition) is 2. The zero-order valence-electron chi connectivity index (χ0n) is 12.3. The van der Waals surface area contributed by atoms with Crippen molar-refractivity contribution >= 4 is 11.3 Å². The van der Waals surface area contributed by atoms with Crippen LogP contribution in [0.5, 0.6) is 0 Å². The van der Waals surface area contributed by atoms with Crippen molar-refractivity contribution in [1.29, 1.82) is 0 Å². The van der Waals surface area contributed by atoms with Crippen LogP contribution in [0.3, 0.4) is 0 Å². The summed E-state index contributed by atoms with van der Waals surface area (Å²) in [7, 11) is 0. The average molecular weight is 282 g/mol. The van der Waals surface area contributed by atoms with Gasteiger partial charge in [0.05, 0.1) is 16.8 Å². The smallest absolute Gasteiger partial charge is 0.0982 e. The van der Waals surface area contributed by atoms with Crippen molar-refractivity contribution in [1.82, 2.24) is 10.3 Å². The summed E-state index contributed by atoms with van der Waals surface area (Å²) in [6.45, 7) is 8.53. The number of aromatic nitrogens is 1. The van der Waals surface area contributed by atoms with Gasteiger partial charge in [-0.2, -0.15) is 0 Å². The molecule has 0 aromatic carbocycles. The lowest BCUT2D eigenvalue weighted by Gasteiger charge is -2.25. The lowest BCUT2D eigenvalue weighted by molar-refractivity contribution is 0.108. The van der Waals surface area contributed by atoms with E-state index in [1.807, 2.05) is 0 Å². The molecule has 108 valence electrons. The molecule has 0 aliphatic heterocycles. The average Bonchev–Trinajstić information content (AvgIpc) is 2.80. The molecule has 1 saturated carbocycles. The van der Waals surface area contributed by atoms with Gasteiger partial charge in [-0.25, -0.2) is 4.98 Å². The second kappa shape index (κ2) is 6.33. The van der Waals surface area contributed by atoms with E-state index in [2.05, 4.69) is 31.5 Å². The minimum absolute atomic E-state index is 0.0517. The number of rotatable bonds is 4. The van der Waals surface area contributed by atoms with E-state index in [1.54, 1.807) is 11.3 Å². The van der Waals surface area contributed by atoms with Gasteiger partial charge in [0.2, 0.25) is 0 Å². The number of aliphatic hydroxyl groups is 1. The van der Waals surface area contributed by atoms with E-state index in [0.717, 1.165) is 50.4 Å². The minimum Gasteiger partial charge on any atom is -0.393 e. The standard InChI is InChI=1S/C15H26N2OS/c1-15(2,3)14-17-12(10-19-14)9-16-8-11-4-6-13(18)7-5-11/h10-11,13,16,18H,4-9H2,1-3H3. The van der Waals surface area contributed by atoms with E-state index in [0.29, 0.717) is 0 Å². The molecule has 4 heteroatoms. The molecule has 1 aliphatic carbocycles. The molecule has 1 aliphatic rings. The summed E-state index contributed by atoms with van der Waals surface area (Å²) < 4.78 is 0. The summed E-state index contributed by atoms with van der Waals surface area (Å²) in [4.78, 5) is 4.69. The summed E-state index contributed by atoms with van der Waals surface area (Å²) in [5.74, 6) is 0.726. The van der Waals surface area contributed by atoms with E-state index in [9.17, 15) is 5.11 Å². The highest BCUT2D eigenvalue weighted by Crippen LogP contribution is 2.26. The third-order valence-corrected chi connectivity index (χ3v) is 5.07. The fourth-order valence-corrected chi connectivity index (χ4v) is 3.39. The van der Waals surface area contributed by atoms with Crippen molar-refractivity contribution in [3.8, 4) is 0 Å². The van der Waals surface area contributed by atoms with Gasteiger partial charge in [-0.3, -0.25) is 0 Å². The minimum atomic E-state index is -0.0517. The van der Waals surface area contributed by atoms with Gasteiger partial charge in [0.1, 0.15) is 0 Å². The molecule has 0 saturated heterocycles. The maximum absolute atomic E-state index is 9.48. The van der Waals surface area contributed by atoms with Gasteiger partial charge < -0.3 is 10.4 Å². The van der Waals surface area contributed by atoms with Gasteiger partial charge >= 0.3 is 0 Å². The fourth-order valence-electron chi connectivity index (χ4n) is 2.49. The van der Waals surface area contributed by atoms with Gasteiger partial charge in [-0.15, -0.1) is 11.3 Å². The molecule has 1 aromatic rings. The van der Waals surface area contributed by atoms with Gasteiger partial charge in [-0.05, 0) is 38.1 Å². The Labute approximate surface area is 120 Å². The van der Waals surface area contributed by atoms with Crippen molar-refractivity contribution in [3.63, 3.8) is 0 Å². The number of nitrogens with zero attached hydrogens (tertiary/aromatic N) is 1. The highest BCUT2D eigenvalue weighted by molar-refractivity contribution is 7.09. The Bertz CT molecular complexity index is 389. The van der Waals surface area contributed by atoms with E-state index >= 15 is 0 Å². The lowest BCUT2D eigenvalue weighted by atomic mass is 9.87. The van der Waals surface area contributed by atoms with Crippen LogP contribution in [0.4, 0.5) is 0 Å². The highest BCUT2D eigenvalue weighted by Gasteiger charge is 2.20. The summed E-state index contributed by atoms with van der Waals surface area (Å²) in [5.41, 5.74) is 1.31. The fraction of sp³-hybridized carbons (Fsp3) is 0.800. The monoisotopic (exact) mass is 282 g/mol. The zero-order valence-corrected chi connectivity index (χ0v) is 13.1. The Hall–Kier alpha value is -0.450. The molecule has 1 fully saturated rings. The second-order valence-corrected chi connectivity index (χ2v) is 7.56. The van der Waals surface area contributed by atoms with E-state index in [-0.39, 0.29) is 11.5 Å². The second-order valence-electron chi connectivity index (χ2n) is 6.70. The van der Waals surface area contributed by atoms with Crippen LogP contribution in [-0.4, -0.2) is 22.7 Å². The summed E-state index contributed by atoms with van der Waals surface area (Å²) in [6.07, 6.45) is 4.19. The molecule has 2 N–H and O–H groups in total. The van der Waals surface area contributed by atoms with Crippen LogP contribution < -0.4 is 5.32 Å². The van der Waals surface area contributed by atoms with Gasteiger partial charge in [0.15, 0.2) is 0 Å². The SMILES string of the molecule is CC(C)(C)c1nc(CNCC2CCC(O)CC2)cs1. The van der Waals surface area contributed by atoms with Gasteiger partial charge in [-0.1, -0.05) is 20.8 Å². The highest BCUT2D eigenvalue weighted by atomic mass is 32.1. The molecule has 1 heterocycles. The van der Waals surface area contributed by atoms with Crippen LogP contribution in [0.2, 0.25) is 0 Å². The van der Waals surface area contributed by atoms with E-state index in [4.69, 9.17) is 4.98 Å². The largest absolute Gasteiger partial charge is 0.393 e. The maximum atomic E-state index is 9.48.